The molecule has 0 fully saturated rings. The van der Waals surface area contributed by atoms with Crippen LogP contribution in [0.4, 0.5) is 13.2 Å². The number of hydrogen-bond acceptors (Lipinski definition) is 3. The van der Waals surface area contributed by atoms with Gasteiger partial charge < -0.3 is 5.32 Å². The van der Waals surface area contributed by atoms with E-state index in [0.29, 0.717) is 6.54 Å². The number of alkyl halides is 3. The molecule has 0 aliphatic rings. The van der Waals surface area contributed by atoms with Crippen molar-refractivity contribution in [2.45, 2.75) is 39.2 Å². The molecule has 6 nitrogen and oxygen atoms in total. The Labute approximate surface area is 124 Å². The van der Waals surface area contributed by atoms with Crippen LogP contribution in [0.5, 0.6) is 0 Å². The van der Waals surface area contributed by atoms with Gasteiger partial charge in [-0.2, -0.15) is 23.4 Å². The van der Waals surface area contributed by atoms with Gasteiger partial charge in [0.25, 0.3) is 0 Å². The van der Waals surface area contributed by atoms with E-state index in [-0.39, 0.29) is 12.6 Å². The second-order valence-corrected chi connectivity index (χ2v) is 4.76. The Balaban J connectivity index is 1.97. The van der Waals surface area contributed by atoms with Gasteiger partial charge in [0.2, 0.25) is 5.91 Å². The van der Waals surface area contributed by atoms with Crippen molar-refractivity contribution in [2.75, 3.05) is 0 Å². The summed E-state index contributed by atoms with van der Waals surface area (Å²) in [5, 5.41) is 10.2. The maximum atomic E-state index is 12.4. The van der Waals surface area contributed by atoms with Crippen molar-refractivity contribution >= 4 is 5.91 Å². The minimum Gasteiger partial charge on any atom is -0.346 e. The minimum absolute atomic E-state index is 0.277. The normalized spacial score (nSPS) is 13.1. The summed E-state index contributed by atoms with van der Waals surface area (Å²) in [5.41, 5.74) is -0.190. The molecule has 0 saturated carbocycles. The van der Waals surface area contributed by atoms with Gasteiger partial charge >= 0.3 is 6.18 Å². The molecule has 0 bridgehead atoms. The quantitative estimate of drug-likeness (QED) is 0.918. The molecule has 0 spiro atoms. The zero-order chi connectivity index (χ0) is 16.3. The molecule has 9 heteroatoms. The maximum absolute atomic E-state index is 12.4. The fourth-order valence-electron chi connectivity index (χ4n) is 2.08. The van der Waals surface area contributed by atoms with Crippen LogP contribution in [0.2, 0.25) is 0 Å². The first-order valence-corrected chi connectivity index (χ1v) is 6.73. The molecule has 2 heterocycles. The maximum Gasteiger partial charge on any atom is 0.435 e. The summed E-state index contributed by atoms with van der Waals surface area (Å²) in [5.74, 6) is -0.423. The van der Waals surface area contributed by atoms with Crippen LogP contribution in [-0.2, 0) is 24.1 Å². The van der Waals surface area contributed by atoms with Gasteiger partial charge in [-0.15, -0.1) is 0 Å². The van der Waals surface area contributed by atoms with Crippen LogP contribution in [0, 0.1) is 0 Å². The van der Waals surface area contributed by atoms with E-state index in [2.05, 4.69) is 15.5 Å². The summed E-state index contributed by atoms with van der Waals surface area (Å²) in [7, 11) is 0. The van der Waals surface area contributed by atoms with Crippen LogP contribution in [0.25, 0.3) is 0 Å². The lowest BCUT2D eigenvalue weighted by molar-refractivity contribution is -0.141. The number of aryl methyl sites for hydroxylation is 1. The topological polar surface area (TPSA) is 64.7 Å². The van der Waals surface area contributed by atoms with Gasteiger partial charge in [-0.25, -0.2) is 0 Å². The van der Waals surface area contributed by atoms with Crippen molar-refractivity contribution in [2.24, 2.45) is 0 Å². The van der Waals surface area contributed by atoms with Crippen molar-refractivity contribution in [3.05, 3.63) is 35.9 Å². The number of carbonyl (C=O) groups excluding carboxylic acids is 1. The summed E-state index contributed by atoms with van der Waals surface area (Å²) < 4.78 is 40.0. The summed E-state index contributed by atoms with van der Waals surface area (Å²) in [6, 6.07) is 2.32. The highest BCUT2D eigenvalue weighted by molar-refractivity contribution is 5.76. The molecule has 0 aliphatic heterocycles. The molecule has 2 aromatic heterocycles. The summed E-state index contributed by atoms with van der Waals surface area (Å²) >= 11 is 0. The Morgan fingerprint density at radius 1 is 1.41 bits per heavy atom. The molecular weight excluding hydrogens is 299 g/mol. The SMILES string of the molecule is CCn1nccc1C(C)NC(=O)Cn1ccc(C(F)(F)F)n1. The molecule has 0 aliphatic carbocycles. The third-order valence-corrected chi connectivity index (χ3v) is 3.11. The van der Waals surface area contributed by atoms with Gasteiger partial charge in [0.15, 0.2) is 5.69 Å². The number of nitrogens with zero attached hydrogens (tertiary/aromatic N) is 4. The molecule has 2 rings (SSSR count). The van der Waals surface area contributed by atoms with Crippen molar-refractivity contribution in [3.63, 3.8) is 0 Å². The zero-order valence-corrected chi connectivity index (χ0v) is 12.1. The van der Waals surface area contributed by atoms with Crippen molar-refractivity contribution < 1.29 is 18.0 Å². The van der Waals surface area contributed by atoms with Crippen LogP contribution in [0.15, 0.2) is 24.5 Å². The van der Waals surface area contributed by atoms with E-state index >= 15 is 0 Å². The smallest absolute Gasteiger partial charge is 0.346 e. The van der Waals surface area contributed by atoms with Gasteiger partial charge in [0.1, 0.15) is 6.54 Å². The molecule has 1 unspecified atom stereocenters. The third kappa shape index (κ3) is 3.66. The lowest BCUT2D eigenvalue weighted by Gasteiger charge is -2.15. The number of aromatic nitrogens is 4. The van der Waals surface area contributed by atoms with Gasteiger partial charge in [-0.1, -0.05) is 0 Å². The minimum atomic E-state index is -4.51. The molecule has 1 amide bonds. The van der Waals surface area contributed by atoms with E-state index < -0.39 is 17.8 Å². The van der Waals surface area contributed by atoms with Gasteiger partial charge in [-0.05, 0) is 26.0 Å². The van der Waals surface area contributed by atoms with E-state index in [0.717, 1.165) is 22.6 Å². The summed E-state index contributed by atoms with van der Waals surface area (Å²) in [6.45, 7) is 4.09. The van der Waals surface area contributed by atoms with Crippen molar-refractivity contribution in [1.82, 2.24) is 24.9 Å². The molecular formula is C13H16F3N5O. The molecule has 2 aromatic rings. The second kappa shape index (κ2) is 6.20. The molecule has 120 valence electrons. The van der Waals surface area contributed by atoms with E-state index in [4.69, 9.17) is 0 Å². The van der Waals surface area contributed by atoms with Gasteiger partial charge in [0.05, 0.1) is 11.7 Å². The number of rotatable bonds is 5. The van der Waals surface area contributed by atoms with Crippen LogP contribution in [-0.4, -0.2) is 25.5 Å². The lowest BCUT2D eigenvalue weighted by Crippen LogP contribution is -2.31. The number of carbonyl (C=O) groups is 1. The van der Waals surface area contributed by atoms with E-state index in [1.165, 1.54) is 0 Å². The lowest BCUT2D eigenvalue weighted by atomic mass is 10.2. The predicted molar refractivity (Wildman–Crippen MR) is 71.7 cm³/mol. The number of amides is 1. The molecule has 22 heavy (non-hydrogen) atoms. The molecule has 1 N–H and O–H groups in total. The number of halogens is 3. The number of nitrogens with one attached hydrogen (secondary N) is 1. The predicted octanol–water partition coefficient (Wildman–Crippen LogP) is 2.00. The van der Waals surface area contributed by atoms with Crippen molar-refractivity contribution in [3.8, 4) is 0 Å². The fraction of sp³-hybridized carbons (Fsp3) is 0.462. The Morgan fingerprint density at radius 2 is 2.14 bits per heavy atom. The Hall–Kier alpha value is -2.32. The molecule has 0 aromatic carbocycles. The average Bonchev–Trinajstić information content (AvgIpc) is 3.05. The van der Waals surface area contributed by atoms with Crippen LogP contribution < -0.4 is 5.32 Å². The van der Waals surface area contributed by atoms with Crippen LogP contribution in [0.1, 0.15) is 31.3 Å². The standard InChI is InChI=1S/C13H16F3N5O/c1-3-21-10(4-6-17-21)9(2)18-12(22)8-20-7-5-11(19-20)13(14,15)16/h4-7,9H,3,8H2,1-2H3,(H,18,22). The van der Waals surface area contributed by atoms with Crippen molar-refractivity contribution in [1.29, 1.82) is 0 Å². The number of hydrogen-bond donors (Lipinski definition) is 1. The highest BCUT2D eigenvalue weighted by Gasteiger charge is 2.33. The summed E-state index contributed by atoms with van der Waals surface area (Å²) in [6.07, 6.45) is -1.75. The second-order valence-electron chi connectivity index (χ2n) is 4.76. The highest BCUT2D eigenvalue weighted by atomic mass is 19.4. The monoisotopic (exact) mass is 315 g/mol. The zero-order valence-electron chi connectivity index (χ0n) is 12.1. The van der Waals surface area contributed by atoms with E-state index in [1.54, 1.807) is 23.9 Å². The first-order chi connectivity index (χ1) is 10.3. The Kier molecular flexibility index (Phi) is 4.53. The molecule has 1 atom stereocenters. The highest BCUT2D eigenvalue weighted by Crippen LogP contribution is 2.27. The Bertz CT molecular complexity index is 646. The van der Waals surface area contributed by atoms with E-state index in [9.17, 15) is 18.0 Å². The fourth-order valence-corrected chi connectivity index (χ4v) is 2.08. The third-order valence-electron chi connectivity index (χ3n) is 3.11. The van der Waals surface area contributed by atoms with E-state index in [1.807, 2.05) is 6.92 Å². The van der Waals surface area contributed by atoms with Gasteiger partial charge in [0, 0.05) is 18.9 Å². The van der Waals surface area contributed by atoms with Crippen LogP contribution in [0.3, 0.4) is 0 Å². The molecule has 0 radical (unpaired) electrons. The summed E-state index contributed by atoms with van der Waals surface area (Å²) in [4.78, 5) is 11.9. The first kappa shape index (κ1) is 16.1. The van der Waals surface area contributed by atoms with Crippen LogP contribution >= 0.6 is 0 Å². The largest absolute Gasteiger partial charge is 0.435 e. The Morgan fingerprint density at radius 3 is 2.73 bits per heavy atom. The van der Waals surface area contributed by atoms with Gasteiger partial charge in [-0.3, -0.25) is 14.2 Å². The average molecular weight is 315 g/mol. The molecule has 0 saturated heterocycles. The first-order valence-electron chi connectivity index (χ1n) is 6.73.